The molecular weight excluding hydrogens is 218 g/mol. The van der Waals surface area contributed by atoms with E-state index in [0.29, 0.717) is 0 Å². The maximum Gasteiger partial charge on any atom is 0.00722 e. The first-order valence-electron chi connectivity index (χ1n) is 8.41. The second kappa shape index (κ2) is 6.93. The van der Waals surface area contributed by atoms with Crippen LogP contribution in [0.4, 0.5) is 0 Å². The van der Waals surface area contributed by atoms with Gasteiger partial charge in [0, 0.05) is 12.1 Å². The lowest BCUT2D eigenvalue weighted by Gasteiger charge is -2.34. The molecule has 2 aliphatic carbocycles. The van der Waals surface area contributed by atoms with Crippen molar-refractivity contribution in [2.24, 2.45) is 17.8 Å². The van der Waals surface area contributed by atoms with Crippen LogP contribution in [0.25, 0.3) is 0 Å². The van der Waals surface area contributed by atoms with Crippen LogP contribution in [-0.2, 0) is 0 Å². The highest BCUT2D eigenvalue weighted by Crippen LogP contribution is 2.32. The monoisotopic (exact) mass is 251 g/mol. The van der Waals surface area contributed by atoms with Gasteiger partial charge in [0.15, 0.2) is 0 Å². The molecule has 18 heavy (non-hydrogen) atoms. The number of hydrogen-bond acceptors (Lipinski definition) is 1. The summed E-state index contributed by atoms with van der Waals surface area (Å²) in [5.74, 6) is 2.84. The van der Waals surface area contributed by atoms with Crippen LogP contribution in [0.15, 0.2) is 0 Å². The summed E-state index contributed by atoms with van der Waals surface area (Å²) in [6.45, 7) is 7.18. The fourth-order valence-corrected chi connectivity index (χ4v) is 4.29. The molecule has 0 amide bonds. The van der Waals surface area contributed by atoms with Gasteiger partial charge in [0.05, 0.1) is 0 Å². The normalized spacial score (nSPS) is 32.0. The average Bonchev–Trinajstić information content (AvgIpc) is 2.81. The first-order chi connectivity index (χ1) is 8.65. The van der Waals surface area contributed by atoms with Crippen LogP contribution in [0, 0.1) is 17.8 Å². The fraction of sp³-hybridized carbons (Fsp3) is 1.00. The standard InChI is InChI=1S/C17H33N/c1-13(2)11-15-7-6-10-17(12-15)18-14(3)16-8-4-5-9-16/h13-18H,4-12H2,1-3H3/t14-,15?,17?/m1/s1. The Bertz CT molecular complexity index is 230. The lowest BCUT2D eigenvalue weighted by atomic mass is 9.80. The molecule has 2 rings (SSSR count). The van der Waals surface area contributed by atoms with Crippen LogP contribution in [0.5, 0.6) is 0 Å². The molecule has 2 saturated carbocycles. The van der Waals surface area contributed by atoms with Gasteiger partial charge in [-0.3, -0.25) is 0 Å². The van der Waals surface area contributed by atoms with Gasteiger partial charge in [-0.2, -0.15) is 0 Å². The van der Waals surface area contributed by atoms with E-state index in [1.807, 2.05) is 0 Å². The highest BCUT2D eigenvalue weighted by atomic mass is 15.0. The molecule has 0 bridgehead atoms. The summed E-state index contributed by atoms with van der Waals surface area (Å²) in [6, 6.07) is 1.58. The van der Waals surface area contributed by atoms with Crippen molar-refractivity contribution in [1.82, 2.24) is 5.32 Å². The van der Waals surface area contributed by atoms with Gasteiger partial charge in [-0.15, -0.1) is 0 Å². The highest BCUT2D eigenvalue weighted by Gasteiger charge is 2.27. The van der Waals surface area contributed by atoms with Crippen LogP contribution >= 0.6 is 0 Å². The molecule has 1 heteroatoms. The van der Waals surface area contributed by atoms with E-state index in [0.717, 1.165) is 29.8 Å². The van der Waals surface area contributed by atoms with Crippen molar-refractivity contribution < 1.29 is 0 Å². The molecule has 0 aromatic heterocycles. The molecule has 0 aliphatic heterocycles. The lowest BCUT2D eigenvalue weighted by molar-refractivity contribution is 0.225. The fourth-order valence-electron chi connectivity index (χ4n) is 4.29. The van der Waals surface area contributed by atoms with Gasteiger partial charge in [-0.25, -0.2) is 0 Å². The van der Waals surface area contributed by atoms with Crippen molar-refractivity contribution in [3.05, 3.63) is 0 Å². The van der Waals surface area contributed by atoms with E-state index in [1.165, 1.54) is 57.8 Å². The molecule has 1 nitrogen and oxygen atoms in total. The second-order valence-electron chi connectivity index (χ2n) is 7.36. The molecule has 0 radical (unpaired) electrons. The minimum atomic E-state index is 0.760. The van der Waals surface area contributed by atoms with Gasteiger partial charge in [-0.05, 0) is 56.8 Å². The molecule has 0 aromatic carbocycles. The average molecular weight is 251 g/mol. The second-order valence-corrected chi connectivity index (χ2v) is 7.36. The Morgan fingerprint density at radius 2 is 1.67 bits per heavy atom. The summed E-state index contributed by atoms with van der Waals surface area (Å²) in [6.07, 6.45) is 13.1. The van der Waals surface area contributed by atoms with Gasteiger partial charge in [0.1, 0.15) is 0 Å². The summed E-state index contributed by atoms with van der Waals surface area (Å²) in [5.41, 5.74) is 0. The van der Waals surface area contributed by atoms with Crippen LogP contribution in [0.2, 0.25) is 0 Å². The molecule has 2 fully saturated rings. The van der Waals surface area contributed by atoms with Gasteiger partial charge >= 0.3 is 0 Å². The molecule has 2 aliphatic rings. The summed E-state index contributed by atoms with van der Waals surface area (Å²) in [7, 11) is 0. The number of hydrogen-bond donors (Lipinski definition) is 1. The van der Waals surface area contributed by atoms with Gasteiger partial charge in [-0.1, -0.05) is 39.5 Å². The Balaban J connectivity index is 1.74. The summed E-state index contributed by atoms with van der Waals surface area (Å²) < 4.78 is 0. The van der Waals surface area contributed by atoms with Crippen molar-refractivity contribution in [3.8, 4) is 0 Å². The van der Waals surface area contributed by atoms with Crippen LogP contribution in [0.3, 0.4) is 0 Å². The van der Waals surface area contributed by atoms with Crippen molar-refractivity contribution >= 4 is 0 Å². The third kappa shape index (κ3) is 4.26. The van der Waals surface area contributed by atoms with E-state index in [1.54, 1.807) is 0 Å². The van der Waals surface area contributed by atoms with Gasteiger partial charge in [0.25, 0.3) is 0 Å². The Labute approximate surface area is 114 Å². The van der Waals surface area contributed by atoms with Crippen LogP contribution < -0.4 is 5.32 Å². The highest BCUT2D eigenvalue weighted by molar-refractivity contribution is 4.84. The first-order valence-corrected chi connectivity index (χ1v) is 8.41. The summed E-state index contributed by atoms with van der Waals surface area (Å²) >= 11 is 0. The van der Waals surface area contributed by atoms with Gasteiger partial charge < -0.3 is 5.32 Å². The SMILES string of the molecule is CC(C)CC1CCCC(N[C@H](C)C2CCCC2)C1. The molecule has 106 valence electrons. The van der Waals surface area contributed by atoms with E-state index < -0.39 is 0 Å². The molecule has 2 unspecified atom stereocenters. The Morgan fingerprint density at radius 1 is 0.944 bits per heavy atom. The molecule has 3 atom stereocenters. The molecule has 0 aromatic rings. The Hall–Kier alpha value is -0.0400. The molecule has 1 N–H and O–H groups in total. The Kier molecular flexibility index (Phi) is 5.54. The predicted octanol–water partition coefficient (Wildman–Crippen LogP) is 4.76. The zero-order valence-electron chi connectivity index (χ0n) is 12.8. The van der Waals surface area contributed by atoms with Crippen molar-refractivity contribution in [2.45, 2.75) is 90.6 Å². The zero-order valence-corrected chi connectivity index (χ0v) is 12.8. The third-order valence-corrected chi connectivity index (χ3v) is 5.19. The maximum atomic E-state index is 3.96. The predicted molar refractivity (Wildman–Crippen MR) is 79.8 cm³/mol. The summed E-state index contributed by atoms with van der Waals surface area (Å²) in [5, 5.41) is 3.96. The van der Waals surface area contributed by atoms with Crippen LogP contribution in [-0.4, -0.2) is 12.1 Å². The smallest absolute Gasteiger partial charge is 0.00722 e. The lowest BCUT2D eigenvalue weighted by Crippen LogP contribution is -2.42. The molecule has 0 spiro atoms. The van der Waals surface area contributed by atoms with E-state index in [9.17, 15) is 0 Å². The first kappa shape index (κ1) is 14.4. The van der Waals surface area contributed by atoms with Crippen molar-refractivity contribution in [3.63, 3.8) is 0 Å². The summed E-state index contributed by atoms with van der Waals surface area (Å²) in [4.78, 5) is 0. The topological polar surface area (TPSA) is 12.0 Å². The minimum absolute atomic E-state index is 0.760. The minimum Gasteiger partial charge on any atom is -0.311 e. The quantitative estimate of drug-likeness (QED) is 0.743. The Morgan fingerprint density at radius 3 is 2.33 bits per heavy atom. The molecule has 0 heterocycles. The van der Waals surface area contributed by atoms with Crippen molar-refractivity contribution in [2.75, 3.05) is 0 Å². The third-order valence-electron chi connectivity index (χ3n) is 5.19. The van der Waals surface area contributed by atoms with E-state index in [4.69, 9.17) is 0 Å². The van der Waals surface area contributed by atoms with Crippen molar-refractivity contribution in [1.29, 1.82) is 0 Å². The number of nitrogens with one attached hydrogen (secondary N) is 1. The number of rotatable bonds is 5. The van der Waals surface area contributed by atoms with E-state index in [-0.39, 0.29) is 0 Å². The van der Waals surface area contributed by atoms with Gasteiger partial charge in [0.2, 0.25) is 0 Å². The molecule has 0 saturated heterocycles. The molecular formula is C17H33N. The largest absolute Gasteiger partial charge is 0.311 e. The van der Waals surface area contributed by atoms with E-state index in [2.05, 4.69) is 26.1 Å². The maximum absolute atomic E-state index is 3.96. The zero-order chi connectivity index (χ0) is 13.0. The van der Waals surface area contributed by atoms with E-state index >= 15 is 0 Å². The van der Waals surface area contributed by atoms with Crippen LogP contribution in [0.1, 0.15) is 78.6 Å².